The van der Waals surface area contributed by atoms with Gasteiger partial charge in [0.25, 0.3) is 0 Å². The highest BCUT2D eigenvalue weighted by Gasteiger charge is 2.10. The van der Waals surface area contributed by atoms with Crippen LogP contribution in [0.25, 0.3) is 0 Å². The van der Waals surface area contributed by atoms with Crippen molar-refractivity contribution in [3.63, 3.8) is 0 Å². The number of carbonyl (C=O) groups is 1. The van der Waals surface area contributed by atoms with Crippen LogP contribution in [0.5, 0.6) is 0 Å². The quantitative estimate of drug-likeness (QED) is 0.820. The Bertz CT molecular complexity index is 373. The lowest BCUT2D eigenvalue weighted by molar-refractivity contribution is 0.180. The molecular weight excluding hydrogens is 250 g/mol. The van der Waals surface area contributed by atoms with Crippen LogP contribution in [0.15, 0.2) is 0 Å². The minimum Gasteiger partial charge on any atom is -0.395 e. The molecule has 0 aliphatic carbocycles. The average Bonchev–Trinajstić information content (AvgIpc) is 2.65. The standard InChI is InChI=1S/C12H21N3O2S/c1-4-15(7-8-16)12(17)13-6-5-11-14-9(2)10(3)18-11/h16H,4-8H2,1-3H3,(H,13,17). The monoisotopic (exact) mass is 271 g/mol. The van der Waals surface area contributed by atoms with E-state index in [2.05, 4.69) is 17.2 Å². The van der Waals surface area contributed by atoms with E-state index in [0.29, 0.717) is 19.6 Å². The number of aliphatic hydroxyl groups is 1. The molecular formula is C12H21N3O2S. The van der Waals surface area contributed by atoms with Gasteiger partial charge in [-0.1, -0.05) is 0 Å². The number of likely N-dealkylation sites (N-methyl/N-ethyl adjacent to an activating group) is 1. The molecule has 0 fully saturated rings. The van der Waals surface area contributed by atoms with Gasteiger partial charge in [0, 0.05) is 30.9 Å². The van der Waals surface area contributed by atoms with Crippen molar-refractivity contribution in [2.45, 2.75) is 27.2 Å². The zero-order chi connectivity index (χ0) is 13.5. The number of aliphatic hydroxyl groups excluding tert-OH is 1. The number of nitrogens with one attached hydrogen (secondary N) is 1. The number of aromatic nitrogens is 1. The number of aryl methyl sites for hydroxylation is 2. The Kier molecular flexibility index (Phi) is 6.07. The smallest absolute Gasteiger partial charge is 0.317 e. The van der Waals surface area contributed by atoms with E-state index in [4.69, 9.17) is 5.11 Å². The van der Waals surface area contributed by atoms with E-state index in [9.17, 15) is 4.79 Å². The van der Waals surface area contributed by atoms with Gasteiger partial charge < -0.3 is 15.3 Å². The molecule has 0 saturated heterocycles. The number of hydrogen-bond donors (Lipinski definition) is 2. The molecule has 0 atom stereocenters. The van der Waals surface area contributed by atoms with Gasteiger partial charge in [-0.3, -0.25) is 0 Å². The Morgan fingerprint density at radius 1 is 1.50 bits per heavy atom. The minimum absolute atomic E-state index is 0.00781. The molecule has 102 valence electrons. The predicted molar refractivity (Wildman–Crippen MR) is 73.0 cm³/mol. The van der Waals surface area contributed by atoms with Crippen molar-refractivity contribution < 1.29 is 9.90 Å². The Morgan fingerprint density at radius 2 is 2.22 bits per heavy atom. The van der Waals surface area contributed by atoms with Gasteiger partial charge in [0.1, 0.15) is 0 Å². The summed E-state index contributed by atoms with van der Waals surface area (Å²) in [6.07, 6.45) is 0.752. The topological polar surface area (TPSA) is 65.5 Å². The van der Waals surface area contributed by atoms with Crippen molar-refractivity contribution in [2.24, 2.45) is 0 Å². The maximum Gasteiger partial charge on any atom is 0.317 e. The van der Waals surface area contributed by atoms with Crippen LogP contribution in [-0.4, -0.2) is 47.3 Å². The van der Waals surface area contributed by atoms with Crippen LogP contribution in [0, 0.1) is 13.8 Å². The van der Waals surface area contributed by atoms with Crippen molar-refractivity contribution >= 4 is 17.4 Å². The first-order chi connectivity index (χ1) is 8.58. The fourth-order valence-corrected chi connectivity index (χ4v) is 2.49. The first-order valence-electron chi connectivity index (χ1n) is 6.15. The number of carbonyl (C=O) groups excluding carboxylic acids is 1. The molecule has 0 unspecified atom stereocenters. The summed E-state index contributed by atoms with van der Waals surface area (Å²) < 4.78 is 0. The van der Waals surface area contributed by atoms with Crippen molar-refractivity contribution in [3.8, 4) is 0 Å². The molecule has 0 saturated carbocycles. The summed E-state index contributed by atoms with van der Waals surface area (Å²) in [5, 5.41) is 12.7. The number of hydrogen-bond acceptors (Lipinski definition) is 4. The van der Waals surface area contributed by atoms with E-state index >= 15 is 0 Å². The van der Waals surface area contributed by atoms with E-state index in [-0.39, 0.29) is 12.6 Å². The highest BCUT2D eigenvalue weighted by atomic mass is 32.1. The minimum atomic E-state index is -0.128. The van der Waals surface area contributed by atoms with Crippen molar-refractivity contribution in [1.82, 2.24) is 15.2 Å². The molecule has 0 radical (unpaired) electrons. The van der Waals surface area contributed by atoms with E-state index in [1.165, 1.54) is 4.88 Å². The Morgan fingerprint density at radius 3 is 2.72 bits per heavy atom. The van der Waals surface area contributed by atoms with Crippen LogP contribution in [0.3, 0.4) is 0 Å². The van der Waals surface area contributed by atoms with Gasteiger partial charge in [-0.2, -0.15) is 0 Å². The molecule has 0 aliphatic rings. The van der Waals surface area contributed by atoms with Crippen molar-refractivity contribution in [3.05, 3.63) is 15.6 Å². The highest BCUT2D eigenvalue weighted by Crippen LogP contribution is 2.16. The fraction of sp³-hybridized carbons (Fsp3) is 0.667. The molecule has 18 heavy (non-hydrogen) atoms. The summed E-state index contributed by atoms with van der Waals surface area (Å²) in [4.78, 5) is 18.9. The van der Waals surface area contributed by atoms with Gasteiger partial charge in [0.2, 0.25) is 0 Å². The summed E-state index contributed by atoms with van der Waals surface area (Å²) >= 11 is 1.67. The molecule has 1 aromatic heterocycles. The number of amides is 2. The van der Waals surface area contributed by atoms with Gasteiger partial charge in [-0.15, -0.1) is 11.3 Å². The second-order valence-corrected chi connectivity index (χ2v) is 5.32. The molecule has 0 aliphatic heterocycles. The average molecular weight is 271 g/mol. The van der Waals surface area contributed by atoms with Crippen molar-refractivity contribution in [1.29, 1.82) is 0 Å². The SMILES string of the molecule is CCN(CCO)C(=O)NCCc1nc(C)c(C)s1. The van der Waals surface area contributed by atoms with Crippen LogP contribution in [-0.2, 0) is 6.42 Å². The van der Waals surface area contributed by atoms with Gasteiger partial charge >= 0.3 is 6.03 Å². The third kappa shape index (κ3) is 4.27. The lowest BCUT2D eigenvalue weighted by Gasteiger charge is -2.19. The Hall–Kier alpha value is -1.14. The summed E-state index contributed by atoms with van der Waals surface area (Å²) in [6, 6.07) is -0.128. The number of rotatable bonds is 6. The maximum absolute atomic E-state index is 11.7. The highest BCUT2D eigenvalue weighted by molar-refractivity contribution is 7.11. The molecule has 0 bridgehead atoms. The molecule has 1 rings (SSSR count). The van der Waals surface area contributed by atoms with E-state index in [0.717, 1.165) is 17.1 Å². The molecule has 0 aromatic carbocycles. The molecule has 2 N–H and O–H groups in total. The van der Waals surface area contributed by atoms with Crippen LogP contribution in [0.2, 0.25) is 0 Å². The summed E-state index contributed by atoms with van der Waals surface area (Å²) in [5.74, 6) is 0. The maximum atomic E-state index is 11.7. The van der Waals surface area contributed by atoms with Gasteiger partial charge in [0.05, 0.1) is 17.3 Å². The molecule has 5 nitrogen and oxygen atoms in total. The normalized spacial score (nSPS) is 10.4. The third-order valence-corrected chi connectivity index (χ3v) is 3.86. The Labute approximate surface area is 112 Å². The molecule has 6 heteroatoms. The van der Waals surface area contributed by atoms with Gasteiger partial charge in [0.15, 0.2) is 0 Å². The fourth-order valence-electron chi connectivity index (χ4n) is 1.56. The molecule has 0 spiro atoms. The lowest BCUT2D eigenvalue weighted by atomic mass is 10.4. The summed E-state index contributed by atoms with van der Waals surface area (Å²) in [5.41, 5.74) is 1.07. The largest absolute Gasteiger partial charge is 0.395 e. The Balaban J connectivity index is 2.34. The van der Waals surface area contributed by atoms with Crippen LogP contribution in [0.1, 0.15) is 22.5 Å². The number of thiazole rings is 1. The molecule has 2 amide bonds. The van der Waals surface area contributed by atoms with Gasteiger partial charge in [-0.25, -0.2) is 9.78 Å². The first kappa shape index (κ1) is 14.9. The second kappa shape index (κ2) is 7.33. The van der Waals surface area contributed by atoms with E-state index < -0.39 is 0 Å². The van der Waals surface area contributed by atoms with E-state index in [1.807, 2.05) is 13.8 Å². The van der Waals surface area contributed by atoms with Crippen LogP contribution < -0.4 is 5.32 Å². The summed E-state index contributed by atoms with van der Waals surface area (Å²) in [6.45, 7) is 7.48. The zero-order valence-electron chi connectivity index (χ0n) is 11.2. The van der Waals surface area contributed by atoms with Crippen molar-refractivity contribution in [2.75, 3.05) is 26.2 Å². The van der Waals surface area contributed by atoms with Crippen LogP contribution in [0.4, 0.5) is 4.79 Å². The predicted octanol–water partition coefficient (Wildman–Crippen LogP) is 1.33. The van der Waals surface area contributed by atoms with Crippen LogP contribution >= 0.6 is 11.3 Å². The first-order valence-corrected chi connectivity index (χ1v) is 6.96. The third-order valence-electron chi connectivity index (χ3n) is 2.73. The number of urea groups is 1. The van der Waals surface area contributed by atoms with Gasteiger partial charge in [-0.05, 0) is 20.8 Å². The second-order valence-electron chi connectivity index (χ2n) is 4.03. The van der Waals surface area contributed by atoms with E-state index in [1.54, 1.807) is 16.2 Å². The summed E-state index contributed by atoms with van der Waals surface area (Å²) in [7, 11) is 0. The molecule has 1 aromatic rings. The zero-order valence-corrected chi connectivity index (χ0v) is 12.0. The lowest BCUT2D eigenvalue weighted by Crippen LogP contribution is -2.42. The molecule has 1 heterocycles. The number of nitrogens with zero attached hydrogens (tertiary/aromatic N) is 2.